The molecule has 1 aromatic rings. The van der Waals surface area contributed by atoms with Crippen molar-refractivity contribution in [2.24, 2.45) is 16.3 Å². The second-order valence-corrected chi connectivity index (χ2v) is 13.2. The van der Waals surface area contributed by atoms with E-state index in [9.17, 15) is 18.5 Å². The Balaban J connectivity index is 1.52. The Labute approximate surface area is 209 Å². The lowest BCUT2D eigenvalue weighted by molar-refractivity contribution is -0.124. The van der Waals surface area contributed by atoms with Gasteiger partial charge in [0.15, 0.2) is 0 Å². The lowest BCUT2D eigenvalue weighted by Gasteiger charge is -2.29. The minimum atomic E-state index is -3.70. The van der Waals surface area contributed by atoms with Crippen LogP contribution in [0.3, 0.4) is 0 Å². The number of hydrogen-bond donors (Lipinski definition) is 2. The fourth-order valence-corrected chi connectivity index (χ4v) is 6.72. The number of benzene rings is 1. The number of nitriles is 1. The van der Waals surface area contributed by atoms with Crippen molar-refractivity contribution >= 4 is 21.8 Å². The first-order valence-corrected chi connectivity index (χ1v) is 14.1. The van der Waals surface area contributed by atoms with Gasteiger partial charge in [0.25, 0.3) is 10.0 Å². The highest BCUT2D eigenvalue weighted by molar-refractivity contribution is 7.90. The van der Waals surface area contributed by atoms with E-state index in [1.165, 1.54) is 38.2 Å². The average Bonchev–Trinajstić information content (AvgIpc) is 3.31. The summed E-state index contributed by atoms with van der Waals surface area (Å²) in [5.41, 5.74) is -0.713. The number of carbonyl (C=O) groups excluding carboxylic acids is 1. The van der Waals surface area contributed by atoms with Crippen molar-refractivity contribution in [1.29, 1.82) is 5.26 Å². The van der Waals surface area contributed by atoms with Gasteiger partial charge in [-0.2, -0.15) is 5.26 Å². The van der Waals surface area contributed by atoms with Crippen LogP contribution in [0.2, 0.25) is 0 Å². The zero-order valence-electron chi connectivity index (χ0n) is 21.0. The van der Waals surface area contributed by atoms with Gasteiger partial charge in [0.2, 0.25) is 5.91 Å². The molecule has 190 valence electrons. The number of fused-ring (bicyclic) bond motifs is 1. The molecule has 1 aliphatic carbocycles. The number of nitrogens with one attached hydrogen (secondary N) is 2. The third-order valence-electron chi connectivity index (χ3n) is 7.22. The van der Waals surface area contributed by atoms with E-state index < -0.39 is 21.6 Å². The molecular weight excluding hydrogens is 462 g/mol. The van der Waals surface area contributed by atoms with Crippen molar-refractivity contribution in [3.63, 3.8) is 0 Å². The standard InChI is InChI=1S/C26H37N5O3S/c1-25(2,3)15-21(28-23-20-11-7-8-12-22(20)35(33,34)30-23)24(32)29-26(17-27)13-14-31(18-26)16-19-9-5-4-6-10-19/h7-8,11-12,19,21H,4-6,9-10,13-16,18H2,1-3H3,(H,28,30)(H,29,32). The van der Waals surface area contributed by atoms with Crippen molar-refractivity contribution in [3.8, 4) is 6.07 Å². The summed E-state index contributed by atoms with van der Waals surface area (Å²) >= 11 is 0. The number of likely N-dealkylation sites (tertiary alicyclic amines) is 1. The molecule has 3 aliphatic rings. The third-order valence-corrected chi connectivity index (χ3v) is 8.62. The van der Waals surface area contributed by atoms with Gasteiger partial charge in [-0.15, -0.1) is 0 Å². The fraction of sp³-hybridized carbons (Fsp3) is 0.654. The molecule has 35 heavy (non-hydrogen) atoms. The van der Waals surface area contributed by atoms with Gasteiger partial charge in [0.1, 0.15) is 17.4 Å². The van der Waals surface area contributed by atoms with E-state index >= 15 is 0 Å². The Hall–Kier alpha value is -2.44. The molecular formula is C26H37N5O3S. The summed E-state index contributed by atoms with van der Waals surface area (Å²) in [6, 6.07) is 8.19. The zero-order valence-corrected chi connectivity index (χ0v) is 21.8. The molecule has 2 aliphatic heterocycles. The monoisotopic (exact) mass is 499 g/mol. The van der Waals surface area contributed by atoms with Gasteiger partial charge < -0.3 is 5.32 Å². The Bertz CT molecular complexity index is 1130. The van der Waals surface area contributed by atoms with Crippen LogP contribution in [0, 0.1) is 22.7 Å². The summed E-state index contributed by atoms with van der Waals surface area (Å²) in [5.74, 6) is 0.517. The SMILES string of the molecule is CC(C)(C)CC(N=C1NS(=O)(=O)c2ccccc21)C(=O)NC1(C#N)CCN(CC2CCCCC2)C1. The molecule has 0 spiro atoms. The van der Waals surface area contributed by atoms with Gasteiger partial charge in [-0.05, 0) is 49.1 Å². The number of hydrogen-bond acceptors (Lipinski definition) is 6. The van der Waals surface area contributed by atoms with Crippen LogP contribution < -0.4 is 10.0 Å². The lowest BCUT2D eigenvalue weighted by atomic mass is 9.87. The van der Waals surface area contributed by atoms with Crippen LogP contribution in [0.25, 0.3) is 0 Å². The maximum absolute atomic E-state index is 13.5. The first-order chi connectivity index (χ1) is 16.5. The molecule has 9 heteroatoms. The first-order valence-electron chi connectivity index (χ1n) is 12.7. The van der Waals surface area contributed by atoms with Crippen LogP contribution in [0.4, 0.5) is 0 Å². The summed E-state index contributed by atoms with van der Waals surface area (Å²) < 4.78 is 27.6. The van der Waals surface area contributed by atoms with Gasteiger partial charge in [0.05, 0.1) is 11.0 Å². The molecule has 1 saturated carbocycles. The van der Waals surface area contributed by atoms with Crippen molar-refractivity contribution in [1.82, 2.24) is 14.9 Å². The van der Waals surface area contributed by atoms with E-state index in [4.69, 9.17) is 0 Å². The van der Waals surface area contributed by atoms with E-state index in [1.807, 2.05) is 20.8 Å². The highest BCUT2D eigenvalue weighted by Crippen LogP contribution is 2.30. The van der Waals surface area contributed by atoms with E-state index in [2.05, 4.69) is 26.0 Å². The largest absolute Gasteiger partial charge is 0.335 e. The van der Waals surface area contributed by atoms with Crippen LogP contribution in [0.15, 0.2) is 34.2 Å². The lowest BCUT2D eigenvalue weighted by Crippen LogP contribution is -2.53. The van der Waals surface area contributed by atoms with Crippen molar-refractivity contribution in [2.45, 2.75) is 82.2 Å². The maximum atomic E-state index is 13.5. The van der Waals surface area contributed by atoms with Gasteiger partial charge in [-0.25, -0.2) is 8.42 Å². The molecule has 2 atom stereocenters. The van der Waals surface area contributed by atoms with Crippen LogP contribution in [0.5, 0.6) is 0 Å². The normalized spacial score (nSPS) is 26.6. The summed E-state index contributed by atoms with van der Waals surface area (Å²) in [4.78, 5) is 20.6. The topological polar surface area (TPSA) is 115 Å². The summed E-state index contributed by atoms with van der Waals surface area (Å²) in [5, 5.41) is 13.1. The molecule has 0 aromatic heterocycles. The minimum Gasteiger partial charge on any atom is -0.335 e. The number of nitrogens with zero attached hydrogens (tertiary/aromatic N) is 3. The molecule has 2 unspecified atom stereocenters. The number of amides is 1. The Kier molecular flexibility index (Phi) is 7.26. The van der Waals surface area contributed by atoms with Gasteiger partial charge in [-0.1, -0.05) is 52.2 Å². The molecule has 2 fully saturated rings. The predicted molar refractivity (Wildman–Crippen MR) is 135 cm³/mol. The number of amidine groups is 1. The number of aliphatic imine (C=N–C) groups is 1. The number of rotatable bonds is 6. The van der Waals surface area contributed by atoms with Crippen molar-refractivity contribution < 1.29 is 13.2 Å². The van der Waals surface area contributed by atoms with Gasteiger partial charge in [-0.3, -0.25) is 19.4 Å². The van der Waals surface area contributed by atoms with Crippen LogP contribution in [-0.2, 0) is 14.8 Å². The number of sulfonamides is 1. The second kappa shape index (κ2) is 9.90. The Morgan fingerprint density at radius 1 is 1.29 bits per heavy atom. The zero-order chi connectivity index (χ0) is 25.3. The Morgan fingerprint density at radius 3 is 2.69 bits per heavy atom. The maximum Gasteiger partial charge on any atom is 0.263 e. The minimum absolute atomic E-state index is 0.163. The van der Waals surface area contributed by atoms with Crippen molar-refractivity contribution in [2.75, 3.05) is 19.6 Å². The first kappa shape index (κ1) is 25.6. The molecule has 0 radical (unpaired) electrons. The highest BCUT2D eigenvalue weighted by atomic mass is 32.2. The molecule has 2 N–H and O–H groups in total. The molecule has 1 amide bonds. The van der Waals surface area contributed by atoms with E-state index in [0.717, 1.165) is 13.1 Å². The summed E-state index contributed by atoms with van der Waals surface area (Å²) in [6.07, 6.45) is 7.35. The van der Waals surface area contributed by atoms with Crippen LogP contribution in [0.1, 0.15) is 71.3 Å². The molecule has 1 saturated heterocycles. The Morgan fingerprint density at radius 2 is 2.00 bits per heavy atom. The van der Waals surface area contributed by atoms with E-state index in [1.54, 1.807) is 18.2 Å². The van der Waals surface area contributed by atoms with Crippen molar-refractivity contribution in [3.05, 3.63) is 29.8 Å². The summed E-state index contributed by atoms with van der Waals surface area (Å²) in [6.45, 7) is 8.33. The van der Waals surface area contributed by atoms with E-state index in [-0.39, 0.29) is 22.1 Å². The molecule has 4 rings (SSSR count). The third kappa shape index (κ3) is 6.04. The molecule has 8 nitrogen and oxygen atoms in total. The van der Waals surface area contributed by atoms with Crippen LogP contribution >= 0.6 is 0 Å². The van der Waals surface area contributed by atoms with Crippen LogP contribution in [-0.4, -0.2) is 56.3 Å². The van der Waals surface area contributed by atoms with E-state index in [0.29, 0.717) is 30.9 Å². The average molecular weight is 500 g/mol. The number of carbonyl (C=O) groups is 1. The molecule has 1 aromatic carbocycles. The quantitative estimate of drug-likeness (QED) is 0.624. The molecule has 2 heterocycles. The van der Waals surface area contributed by atoms with Gasteiger partial charge >= 0.3 is 0 Å². The molecule has 0 bridgehead atoms. The summed E-state index contributed by atoms with van der Waals surface area (Å²) in [7, 11) is -3.70. The predicted octanol–water partition coefficient (Wildman–Crippen LogP) is 3.19. The second-order valence-electron chi connectivity index (χ2n) is 11.5. The smallest absolute Gasteiger partial charge is 0.263 e. The highest BCUT2D eigenvalue weighted by Gasteiger charge is 2.42. The van der Waals surface area contributed by atoms with Gasteiger partial charge in [0, 0.05) is 25.2 Å². The fourth-order valence-electron chi connectivity index (χ4n) is 5.48.